The van der Waals surface area contributed by atoms with Crippen LogP contribution in [0.5, 0.6) is 0 Å². The Kier molecular flexibility index (Phi) is 8.37. The average molecular weight is 250 g/mol. The standard InChI is InChI=1S/C13H17FN2.C2H6/c1-3-5-11(6-4-2)16-13-9-10(15)7-8-12(13)14;1-2/h3,5-9,16H,4,15H2,1-2H3;1-2H3/b5-3-,11-6+;. The van der Waals surface area contributed by atoms with E-state index in [1.807, 2.05) is 45.9 Å². The van der Waals surface area contributed by atoms with Gasteiger partial charge in [-0.2, -0.15) is 0 Å². The van der Waals surface area contributed by atoms with Gasteiger partial charge in [0.25, 0.3) is 0 Å². The van der Waals surface area contributed by atoms with Crippen molar-refractivity contribution in [3.8, 4) is 0 Å². The molecule has 1 rings (SSSR count). The van der Waals surface area contributed by atoms with E-state index in [1.54, 1.807) is 12.1 Å². The zero-order valence-electron chi connectivity index (χ0n) is 11.6. The highest BCUT2D eigenvalue weighted by Crippen LogP contribution is 2.19. The minimum absolute atomic E-state index is 0.305. The van der Waals surface area contributed by atoms with Gasteiger partial charge in [0, 0.05) is 11.4 Å². The van der Waals surface area contributed by atoms with Crippen LogP contribution < -0.4 is 11.1 Å². The molecule has 3 N–H and O–H groups in total. The van der Waals surface area contributed by atoms with Crippen LogP contribution in [0.4, 0.5) is 15.8 Å². The van der Waals surface area contributed by atoms with Gasteiger partial charge in [-0.05, 0) is 37.6 Å². The third-order valence-electron chi connectivity index (χ3n) is 2.04. The van der Waals surface area contributed by atoms with Gasteiger partial charge < -0.3 is 11.1 Å². The van der Waals surface area contributed by atoms with E-state index in [-0.39, 0.29) is 5.82 Å². The molecule has 0 aliphatic rings. The first-order chi connectivity index (χ1) is 8.67. The first-order valence-electron chi connectivity index (χ1n) is 6.32. The summed E-state index contributed by atoms with van der Waals surface area (Å²) in [6.45, 7) is 7.95. The highest BCUT2D eigenvalue weighted by atomic mass is 19.1. The van der Waals surface area contributed by atoms with Crippen molar-refractivity contribution < 1.29 is 4.39 Å². The minimum Gasteiger partial charge on any atom is -0.399 e. The minimum atomic E-state index is -0.305. The summed E-state index contributed by atoms with van der Waals surface area (Å²) >= 11 is 0. The van der Waals surface area contributed by atoms with Crippen LogP contribution in [-0.4, -0.2) is 0 Å². The van der Waals surface area contributed by atoms with Gasteiger partial charge in [0.15, 0.2) is 0 Å². The molecule has 0 heterocycles. The van der Waals surface area contributed by atoms with Crippen molar-refractivity contribution in [2.75, 3.05) is 11.1 Å². The molecule has 0 atom stereocenters. The summed E-state index contributed by atoms with van der Waals surface area (Å²) in [4.78, 5) is 0. The predicted octanol–water partition coefficient (Wildman–Crippen LogP) is 4.72. The number of benzene rings is 1. The van der Waals surface area contributed by atoms with E-state index in [4.69, 9.17) is 5.73 Å². The lowest BCUT2D eigenvalue weighted by Gasteiger charge is -2.09. The number of hydrogen-bond donors (Lipinski definition) is 2. The maximum absolute atomic E-state index is 13.4. The summed E-state index contributed by atoms with van der Waals surface area (Å²) in [5.41, 5.74) is 7.42. The molecule has 0 bridgehead atoms. The normalized spacial score (nSPS) is 11.1. The third kappa shape index (κ3) is 5.53. The zero-order valence-corrected chi connectivity index (χ0v) is 11.6. The Labute approximate surface area is 109 Å². The molecule has 0 saturated carbocycles. The smallest absolute Gasteiger partial charge is 0.146 e. The average Bonchev–Trinajstić information content (AvgIpc) is 2.37. The lowest BCUT2D eigenvalue weighted by molar-refractivity contribution is 0.631. The van der Waals surface area contributed by atoms with Crippen molar-refractivity contribution in [3.63, 3.8) is 0 Å². The Morgan fingerprint density at radius 1 is 1.39 bits per heavy atom. The molecule has 0 aromatic heterocycles. The van der Waals surface area contributed by atoms with Crippen LogP contribution in [-0.2, 0) is 0 Å². The maximum atomic E-state index is 13.4. The monoisotopic (exact) mass is 250 g/mol. The first-order valence-corrected chi connectivity index (χ1v) is 6.32. The highest BCUT2D eigenvalue weighted by Gasteiger charge is 2.02. The molecule has 0 saturated heterocycles. The fourth-order valence-corrected chi connectivity index (χ4v) is 1.35. The number of halogens is 1. The van der Waals surface area contributed by atoms with Crippen LogP contribution in [0.15, 0.2) is 42.1 Å². The van der Waals surface area contributed by atoms with E-state index in [0.29, 0.717) is 11.4 Å². The van der Waals surface area contributed by atoms with Gasteiger partial charge in [0.1, 0.15) is 5.82 Å². The van der Waals surface area contributed by atoms with E-state index >= 15 is 0 Å². The molecular formula is C15H23FN2. The molecule has 1 aromatic carbocycles. The topological polar surface area (TPSA) is 38.0 Å². The molecular weight excluding hydrogens is 227 g/mol. The molecule has 0 radical (unpaired) electrons. The van der Waals surface area contributed by atoms with E-state index in [0.717, 1.165) is 12.1 Å². The van der Waals surface area contributed by atoms with E-state index in [9.17, 15) is 4.39 Å². The molecule has 2 nitrogen and oxygen atoms in total. The maximum Gasteiger partial charge on any atom is 0.146 e. The lowest BCUT2D eigenvalue weighted by Crippen LogP contribution is -2.00. The predicted molar refractivity (Wildman–Crippen MR) is 79.0 cm³/mol. The molecule has 0 unspecified atom stereocenters. The van der Waals surface area contributed by atoms with Crippen molar-refractivity contribution in [3.05, 3.63) is 47.9 Å². The number of nitrogens with two attached hydrogens (primary N) is 1. The fraction of sp³-hybridized carbons (Fsp3) is 0.333. The number of allylic oxidation sites excluding steroid dienone is 3. The van der Waals surface area contributed by atoms with Gasteiger partial charge >= 0.3 is 0 Å². The van der Waals surface area contributed by atoms with Crippen molar-refractivity contribution in [1.82, 2.24) is 0 Å². The Hall–Kier alpha value is -1.77. The lowest BCUT2D eigenvalue weighted by atomic mass is 10.2. The molecule has 0 amide bonds. The van der Waals surface area contributed by atoms with Crippen molar-refractivity contribution >= 4 is 11.4 Å². The Bertz CT molecular complexity index is 409. The van der Waals surface area contributed by atoms with E-state index in [2.05, 4.69) is 5.32 Å². The summed E-state index contributed by atoms with van der Waals surface area (Å²) in [6, 6.07) is 4.48. The molecule has 1 aromatic rings. The molecule has 0 aliphatic heterocycles. The molecule has 0 spiro atoms. The second-order valence-electron chi connectivity index (χ2n) is 3.43. The second kappa shape index (κ2) is 9.28. The number of rotatable bonds is 4. The van der Waals surface area contributed by atoms with Crippen LogP contribution in [0.25, 0.3) is 0 Å². The van der Waals surface area contributed by atoms with Crippen LogP contribution in [0, 0.1) is 5.82 Å². The summed E-state index contributed by atoms with van der Waals surface area (Å²) < 4.78 is 13.4. The number of anilines is 2. The summed E-state index contributed by atoms with van der Waals surface area (Å²) in [5, 5.41) is 3.01. The molecule has 18 heavy (non-hydrogen) atoms. The van der Waals surface area contributed by atoms with Crippen LogP contribution >= 0.6 is 0 Å². The van der Waals surface area contributed by atoms with Crippen LogP contribution in [0.3, 0.4) is 0 Å². The second-order valence-corrected chi connectivity index (χ2v) is 3.43. The molecule has 3 heteroatoms. The van der Waals surface area contributed by atoms with Gasteiger partial charge in [-0.3, -0.25) is 0 Å². The zero-order chi connectivity index (χ0) is 14.0. The Balaban J connectivity index is 0.00000137. The highest BCUT2D eigenvalue weighted by molar-refractivity contribution is 5.59. The van der Waals surface area contributed by atoms with Gasteiger partial charge in [-0.15, -0.1) is 0 Å². The van der Waals surface area contributed by atoms with Gasteiger partial charge in [0.05, 0.1) is 5.69 Å². The molecule has 0 aliphatic carbocycles. The Morgan fingerprint density at radius 3 is 2.61 bits per heavy atom. The number of hydrogen-bond acceptors (Lipinski definition) is 2. The summed E-state index contributed by atoms with van der Waals surface area (Å²) in [6.07, 6.45) is 6.67. The van der Waals surface area contributed by atoms with Crippen molar-refractivity contribution in [1.29, 1.82) is 0 Å². The number of nitrogen functional groups attached to an aromatic ring is 1. The van der Waals surface area contributed by atoms with Crippen molar-refractivity contribution in [2.45, 2.75) is 34.1 Å². The van der Waals surface area contributed by atoms with Gasteiger partial charge in [-0.1, -0.05) is 32.9 Å². The summed E-state index contributed by atoms with van der Waals surface area (Å²) in [5.74, 6) is -0.305. The van der Waals surface area contributed by atoms with Crippen LogP contribution in [0.1, 0.15) is 34.1 Å². The van der Waals surface area contributed by atoms with Gasteiger partial charge in [0.2, 0.25) is 0 Å². The largest absolute Gasteiger partial charge is 0.399 e. The van der Waals surface area contributed by atoms with Crippen molar-refractivity contribution in [2.24, 2.45) is 0 Å². The molecule has 100 valence electrons. The van der Waals surface area contributed by atoms with Crippen LogP contribution in [0.2, 0.25) is 0 Å². The quantitative estimate of drug-likeness (QED) is 0.599. The summed E-state index contributed by atoms with van der Waals surface area (Å²) in [7, 11) is 0. The first kappa shape index (κ1) is 16.2. The van der Waals surface area contributed by atoms with E-state index < -0.39 is 0 Å². The van der Waals surface area contributed by atoms with Gasteiger partial charge in [-0.25, -0.2) is 4.39 Å². The SMILES string of the molecule is C/C=C\C(=C/CC)Nc1cc(N)ccc1F.CC. The van der Waals surface area contributed by atoms with E-state index in [1.165, 1.54) is 6.07 Å². The Morgan fingerprint density at radius 2 is 2.06 bits per heavy atom. The fourth-order valence-electron chi connectivity index (χ4n) is 1.35. The number of nitrogens with one attached hydrogen (secondary N) is 1. The third-order valence-corrected chi connectivity index (χ3v) is 2.04. The molecule has 0 fully saturated rings.